The highest BCUT2D eigenvalue weighted by molar-refractivity contribution is 8.03. The molecule has 3 heterocycles. The molecule has 5 aromatic carbocycles. The van der Waals surface area contributed by atoms with Gasteiger partial charge in [0.25, 0.3) is 11.8 Å². The van der Waals surface area contributed by atoms with Gasteiger partial charge in [0.05, 0.1) is 44.5 Å². The third-order valence-corrected chi connectivity index (χ3v) is 17.6. The standard InChI is InChI=1S/C60H69N5O6S2/c1-59(2)51(62(5)49-31-26-44-40-46(29-30-48(44)56(49)59)73(69,70)61-37-39-65(6,7)8)33-27-42-19-17-20-43(58(42)72-45-21-11-9-12-22-45)28-34-52-60(3,4)57-47-23-15-14-18-41(47)25-32-50(57)63(52)38-16-10-13-24-55(68)71-64-53(66)35-36-54(64)67/h9,11-12,14-15,18,21-23,25-34,40,61H,10,13,16-17,19-20,24,35-39H2,1-8H3/q+2. The van der Waals surface area contributed by atoms with E-state index in [1.54, 1.807) is 12.1 Å². The topological polar surface area (TPSA) is 116 Å². The fourth-order valence-electron chi connectivity index (χ4n) is 11.1. The van der Waals surface area contributed by atoms with E-state index in [-0.39, 0.29) is 35.0 Å². The van der Waals surface area contributed by atoms with Gasteiger partial charge in [-0.15, -0.1) is 5.06 Å². The number of hydrogen-bond acceptors (Lipinski definition) is 8. The van der Waals surface area contributed by atoms with Crippen LogP contribution in [0.1, 0.15) is 96.6 Å². The number of carbonyl (C=O) groups excluding carboxylic acids is 3. The van der Waals surface area contributed by atoms with Crippen LogP contribution in [0.2, 0.25) is 0 Å². The Morgan fingerprint density at radius 2 is 1.49 bits per heavy atom. The van der Waals surface area contributed by atoms with Crippen LogP contribution in [0.5, 0.6) is 0 Å². The molecule has 0 unspecified atom stereocenters. The second kappa shape index (κ2) is 20.7. The predicted molar refractivity (Wildman–Crippen MR) is 294 cm³/mol. The maximum atomic E-state index is 13.4. The Kier molecular flexibility index (Phi) is 14.6. The summed E-state index contributed by atoms with van der Waals surface area (Å²) >= 11 is 1.83. The van der Waals surface area contributed by atoms with Crippen molar-refractivity contribution in [1.82, 2.24) is 9.79 Å². The number of rotatable bonds is 17. The van der Waals surface area contributed by atoms with Crippen molar-refractivity contribution in [1.29, 1.82) is 0 Å². The molecule has 0 atom stereocenters. The molecular weight excluding hydrogens is 951 g/mol. The monoisotopic (exact) mass is 1020 g/mol. The number of imide groups is 1. The molecule has 0 aromatic heterocycles. The maximum Gasteiger partial charge on any atom is 0.333 e. The van der Waals surface area contributed by atoms with Gasteiger partial charge in [0.1, 0.15) is 7.05 Å². The number of nitrogens with one attached hydrogen (secondary N) is 1. The summed E-state index contributed by atoms with van der Waals surface area (Å²) in [7, 11) is 4.60. The number of hydroxylamine groups is 2. The average molecular weight is 1020 g/mol. The Balaban J connectivity index is 1.01. The Bertz CT molecular complexity index is 3290. The molecule has 0 saturated carbocycles. The summed E-state index contributed by atoms with van der Waals surface area (Å²) in [4.78, 5) is 47.0. The summed E-state index contributed by atoms with van der Waals surface area (Å²) in [6.45, 7) is 11.0. The summed E-state index contributed by atoms with van der Waals surface area (Å²) in [6.07, 6.45) is 14.7. The first-order valence-corrected chi connectivity index (χ1v) is 28.0. The highest BCUT2D eigenvalue weighted by Crippen LogP contribution is 2.52. The highest BCUT2D eigenvalue weighted by Gasteiger charge is 2.45. The minimum atomic E-state index is -3.68. The molecule has 1 N–H and O–H groups in total. The van der Waals surface area contributed by atoms with Crippen LogP contribution in [0.15, 0.2) is 153 Å². The summed E-state index contributed by atoms with van der Waals surface area (Å²) in [5.74, 6) is -1.49. The van der Waals surface area contributed by atoms with Crippen molar-refractivity contribution >= 4 is 78.2 Å². The Hall–Kier alpha value is -6.12. The van der Waals surface area contributed by atoms with Crippen molar-refractivity contribution in [3.8, 4) is 0 Å². The van der Waals surface area contributed by atoms with Crippen molar-refractivity contribution in [2.24, 2.45) is 0 Å². The molecule has 11 nitrogen and oxygen atoms in total. The summed E-state index contributed by atoms with van der Waals surface area (Å²) in [5.41, 5.74) is 9.11. The largest absolute Gasteiger partial charge is 0.344 e. The fourth-order valence-corrected chi connectivity index (χ4v) is 13.3. The zero-order valence-corrected chi connectivity index (χ0v) is 45.2. The van der Waals surface area contributed by atoms with Crippen molar-refractivity contribution in [2.75, 3.05) is 52.7 Å². The third kappa shape index (κ3) is 10.6. The van der Waals surface area contributed by atoms with E-state index in [0.29, 0.717) is 29.1 Å². The molecule has 1 saturated heterocycles. The van der Waals surface area contributed by atoms with E-state index >= 15 is 0 Å². The Morgan fingerprint density at radius 1 is 0.781 bits per heavy atom. The molecule has 13 heteroatoms. The maximum absolute atomic E-state index is 13.4. The van der Waals surface area contributed by atoms with E-state index in [4.69, 9.17) is 4.84 Å². The van der Waals surface area contributed by atoms with Crippen LogP contribution in [-0.4, -0.2) is 93.9 Å². The van der Waals surface area contributed by atoms with E-state index in [0.717, 1.165) is 55.1 Å². The SMILES string of the molecule is C[N+]1=C(/C=C/C2=C(Sc3ccccc3)C(=C/C=C3/N(CCCCCC(=O)ON4C(=O)CCC4=O)c4ccc5ccccc5c4C3(C)C)/CCC2)C(C)(C)c2c1ccc1cc(S(=O)(=O)NCC[N+](C)(C)C)ccc21. The molecule has 5 aromatic rings. The van der Waals surface area contributed by atoms with Gasteiger partial charge in [0.15, 0.2) is 5.71 Å². The van der Waals surface area contributed by atoms with Gasteiger partial charge in [-0.05, 0) is 127 Å². The first-order chi connectivity index (χ1) is 34.7. The summed E-state index contributed by atoms with van der Waals surface area (Å²) in [5, 5.41) is 5.03. The van der Waals surface area contributed by atoms with E-state index in [9.17, 15) is 22.8 Å². The van der Waals surface area contributed by atoms with Gasteiger partial charge in [-0.2, -0.15) is 4.58 Å². The molecule has 4 aliphatic rings. The lowest BCUT2D eigenvalue weighted by atomic mass is 9.78. The molecule has 2 amide bonds. The molecule has 1 aliphatic carbocycles. The van der Waals surface area contributed by atoms with Gasteiger partial charge in [0, 0.05) is 70.1 Å². The number of likely N-dealkylation sites (N-methyl/N-ethyl adjacent to an activating group) is 1. The van der Waals surface area contributed by atoms with Gasteiger partial charge in [-0.25, -0.2) is 17.9 Å². The fraction of sp³-hybridized carbons (Fsp3) is 0.367. The number of nitrogens with zero attached hydrogens (tertiary/aromatic N) is 4. The second-order valence-corrected chi connectivity index (χ2v) is 24.7. The number of allylic oxidation sites excluding steroid dienone is 7. The molecule has 73 heavy (non-hydrogen) atoms. The van der Waals surface area contributed by atoms with Gasteiger partial charge in [-0.3, -0.25) is 9.59 Å². The van der Waals surface area contributed by atoms with Crippen molar-refractivity contribution in [3.63, 3.8) is 0 Å². The van der Waals surface area contributed by atoms with Crippen LogP contribution >= 0.6 is 11.8 Å². The molecule has 0 bridgehead atoms. The number of quaternary nitrogens is 1. The summed E-state index contributed by atoms with van der Waals surface area (Å²) in [6, 6.07) is 33.4. The van der Waals surface area contributed by atoms with Gasteiger partial charge < -0.3 is 14.2 Å². The van der Waals surface area contributed by atoms with E-state index in [2.05, 4.69) is 146 Å². The summed E-state index contributed by atoms with van der Waals surface area (Å²) < 4.78 is 32.6. The number of benzene rings is 5. The number of sulfonamides is 1. The quantitative estimate of drug-likeness (QED) is 0.0424. The molecule has 3 aliphatic heterocycles. The van der Waals surface area contributed by atoms with Crippen LogP contribution in [-0.2, 0) is 40.1 Å². The predicted octanol–water partition coefficient (Wildman–Crippen LogP) is 11.5. The first-order valence-electron chi connectivity index (χ1n) is 25.7. The molecule has 1 fully saturated rings. The number of anilines is 1. The van der Waals surface area contributed by atoms with Gasteiger partial charge in [0.2, 0.25) is 15.7 Å². The lowest BCUT2D eigenvalue weighted by Gasteiger charge is -2.28. The van der Waals surface area contributed by atoms with E-state index < -0.39 is 27.8 Å². The Morgan fingerprint density at radius 3 is 2.25 bits per heavy atom. The van der Waals surface area contributed by atoms with Gasteiger partial charge >= 0.3 is 5.97 Å². The van der Waals surface area contributed by atoms with Crippen molar-refractivity contribution in [2.45, 2.75) is 106 Å². The lowest BCUT2D eigenvalue weighted by Crippen LogP contribution is -2.41. The number of carbonyl (C=O) groups is 3. The van der Waals surface area contributed by atoms with Crippen LogP contribution in [0.3, 0.4) is 0 Å². The second-order valence-electron chi connectivity index (χ2n) is 21.8. The zero-order valence-electron chi connectivity index (χ0n) is 43.6. The minimum Gasteiger partial charge on any atom is -0.344 e. The van der Waals surface area contributed by atoms with Crippen LogP contribution < -0.4 is 9.62 Å². The number of fused-ring (bicyclic) bond motifs is 6. The smallest absolute Gasteiger partial charge is 0.333 e. The molecule has 0 spiro atoms. The normalized spacial score (nSPS) is 18.9. The van der Waals surface area contributed by atoms with Crippen LogP contribution in [0.4, 0.5) is 11.4 Å². The number of amides is 2. The number of thioether (sulfide) groups is 1. The number of unbranched alkanes of at least 4 members (excludes halogenated alkanes) is 2. The van der Waals surface area contributed by atoms with E-state index in [1.165, 1.54) is 59.9 Å². The number of hydrogen-bond donors (Lipinski definition) is 1. The van der Waals surface area contributed by atoms with Crippen molar-refractivity contribution < 1.29 is 36.7 Å². The zero-order chi connectivity index (χ0) is 51.9. The van der Waals surface area contributed by atoms with Crippen LogP contribution in [0, 0.1) is 0 Å². The minimum absolute atomic E-state index is 0.0746. The molecule has 380 valence electrons. The lowest BCUT2D eigenvalue weighted by molar-refractivity contribution is -0.869. The Labute approximate surface area is 435 Å². The van der Waals surface area contributed by atoms with Crippen molar-refractivity contribution in [3.05, 3.63) is 154 Å². The molecule has 0 radical (unpaired) electrons. The average Bonchev–Trinajstić information content (AvgIpc) is 3.86. The van der Waals surface area contributed by atoms with Gasteiger partial charge in [-0.1, -0.05) is 98.8 Å². The van der Waals surface area contributed by atoms with E-state index in [1.807, 2.05) is 45.0 Å². The highest BCUT2D eigenvalue weighted by atomic mass is 32.2. The third-order valence-electron chi connectivity index (χ3n) is 14.9. The molecule has 9 rings (SSSR count). The first kappa shape index (κ1) is 51.8. The van der Waals surface area contributed by atoms with Crippen LogP contribution in [0.25, 0.3) is 21.5 Å². The molecular formula is C60H69N5O6S2+2.